The molecule has 116 valence electrons. The zero-order valence-electron chi connectivity index (χ0n) is 12.3. The average Bonchev–Trinajstić information content (AvgIpc) is 2.96. The topological polar surface area (TPSA) is 49.0 Å². The number of likely N-dealkylation sites (tertiary alicyclic amines) is 1. The lowest BCUT2D eigenvalue weighted by Gasteiger charge is -2.32. The molecule has 0 unspecified atom stereocenters. The molecule has 0 spiro atoms. The van der Waals surface area contributed by atoms with E-state index >= 15 is 0 Å². The molecule has 1 amide bonds. The summed E-state index contributed by atoms with van der Waals surface area (Å²) in [6.07, 6.45) is 3.72. The number of hydrogen-bond donors (Lipinski definition) is 1. The number of rotatable bonds is 2. The number of aromatic nitrogens is 2. The van der Waals surface area contributed by atoms with Gasteiger partial charge in [-0.05, 0) is 38.0 Å². The van der Waals surface area contributed by atoms with E-state index in [1.807, 2.05) is 6.92 Å². The molecule has 4 nitrogen and oxygen atoms in total. The molecule has 22 heavy (non-hydrogen) atoms. The molecule has 1 aromatic heterocycles. The van der Waals surface area contributed by atoms with Crippen molar-refractivity contribution in [1.82, 2.24) is 14.9 Å². The number of aryl methyl sites for hydroxylation is 1. The smallest absolute Gasteiger partial charge is 0.253 e. The average molecular weight is 322 g/mol. The van der Waals surface area contributed by atoms with E-state index in [-0.39, 0.29) is 16.8 Å². The molecule has 6 heteroatoms. The maximum Gasteiger partial charge on any atom is 0.253 e. The fourth-order valence-electron chi connectivity index (χ4n) is 2.84. The van der Waals surface area contributed by atoms with Crippen LogP contribution in [0.3, 0.4) is 0 Å². The Morgan fingerprint density at radius 1 is 1.50 bits per heavy atom. The number of amides is 1. The molecular formula is C16H17ClFN3O. The van der Waals surface area contributed by atoms with E-state index < -0.39 is 5.82 Å². The SMILES string of the molecule is Cc1cnc([C@@H]2CCCN(C(=O)c3ccc(F)c(Cl)c3)C2)[nH]1. The zero-order valence-corrected chi connectivity index (χ0v) is 13.0. The molecule has 2 heterocycles. The minimum Gasteiger partial charge on any atom is -0.346 e. The van der Waals surface area contributed by atoms with Crippen LogP contribution in [-0.2, 0) is 0 Å². The summed E-state index contributed by atoms with van der Waals surface area (Å²) in [5.74, 6) is 0.505. The molecule has 1 fully saturated rings. The fourth-order valence-corrected chi connectivity index (χ4v) is 3.02. The van der Waals surface area contributed by atoms with Gasteiger partial charge in [0, 0.05) is 36.5 Å². The Balaban J connectivity index is 1.76. The molecule has 2 aromatic rings. The number of aromatic amines is 1. The monoisotopic (exact) mass is 321 g/mol. The second-order valence-corrected chi connectivity index (χ2v) is 6.08. The second-order valence-electron chi connectivity index (χ2n) is 5.67. The van der Waals surface area contributed by atoms with Gasteiger partial charge in [0.2, 0.25) is 0 Å². The van der Waals surface area contributed by atoms with E-state index in [0.717, 1.165) is 24.4 Å². The molecule has 1 saturated heterocycles. The van der Waals surface area contributed by atoms with Gasteiger partial charge in [-0.1, -0.05) is 11.6 Å². The molecule has 0 aliphatic carbocycles. The minimum atomic E-state index is -0.513. The molecule has 1 aliphatic heterocycles. The summed E-state index contributed by atoms with van der Waals surface area (Å²) < 4.78 is 13.2. The van der Waals surface area contributed by atoms with Gasteiger partial charge in [-0.3, -0.25) is 4.79 Å². The highest BCUT2D eigenvalue weighted by molar-refractivity contribution is 6.31. The Labute approximate surface area is 133 Å². The Bertz CT molecular complexity index is 700. The summed E-state index contributed by atoms with van der Waals surface area (Å²) in [4.78, 5) is 22.0. The van der Waals surface area contributed by atoms with E-state index in [1.54, 1.807) is 11.1 Å². The van der Waals surface area contributed by atoms with Gasteiger partial charge in [0.25, 0.3) is 5.91 Å². The predicted molar refractivity (Wildman–Crippen MR) is 82.6 cm³/mol. The highest BCUT2D eigenvalue weighted by Crippen LogP contribution is 2.26. The Morgan fingerprint density at radius 3 is 3.00 bits per heavy atom. The number of benzene rings is 1. The maximum atomic E-state index is 13.2. The lowest BCUT2D eigenvalue weighted by Crippen LogP contribution is -2.39. The molecule has 1 aliphatic rings. The molecule has 1 aromatic carbocycles. The molecule has 0 radical (unpaired) electrons. The number of carbonyl (C=O) groups excluding carboxylic acids is 1. The van der Waals surface area contributed by atoms with Gasteiger partial charge < -0.3 is 9.88 Å². The van der Waals surface area contributed by atoms with Crippen molar-refractivity contribution in [3.8, 4) is 0 Å². The number of nitrogens with one attached hydrogen (secondary N) is 1. The van der Waals surface area contributed by atoms with Crippen LogP contribution in [0.1, 0.15) is 40.6 Å². The summed E-state index contributed by atoms with van der Waals surface area (Å²) in [6.45, 7) is 3.27. The van der Waals surface area contributed by atoms with Crippen LogP contribution in [0.25, 0.3) is 0 Å². The Morgan fingerprint density at radius 2 is 2.32 bits per heavy atom. The van der Waals surface area contributed by atoms with Crippen molar-refractivity contribution < 1.29 is 9.18 Å². The van der Waals surface area contributed by atoms with Crippen LogP contribution in [0.2, 0.25) is 5.02 Å². The van der Waals surface area contributed by atoms with Crippen molar-refractivity contribution in [3.05, 3.63) is 52.3 Å². The Hall–Kier alpha value is -1.88. The van der Waals surface area contributed by atoms with E-state index in [4.69, 9.17) is 11.6 Å². The molecular weight excluding hydrogens is 305 g/mol. The molecule has 0 saturated carbocycles. The van der Waals surface area contributed by atoms with Crippen molar-refractivity contribution >= 4 is 17.5 Å². The molecule has 0 bridgehead atoms. The number of hydrogen-bond acceptors (Lipinski definition) is 2. The number of imidazole rings is 1. The van der Waals surface area contributed by atoms with Crippen LogP contribution in [0, 0.1) is 12.7 Å². The number of halogens is 2. The van der Waals surface area contributed by atoms with Crippen molar-refractivity contribution in [3.63, 3.8) is 0 Å². The maximum absolute atomic E-state index is 13.2. The van der Waals surface area contributed by atoms with E-state index in [1.165, 1.54) is 18.2 Å². The van der Waals surface area contributed by atoms with Gasteiger partial charge in [-0.15, -0.1) is 0 Å². The first kappa shape index (κ1) is 15.0. The summed E-state index contributed by atoms with van der Waals surface area (Å²) in [5.41, 5.74) is 1.44. The second kappa shape index (κ2) is 6.08. The summed E-state index contributed by atoms with van der Waals surface area (Å²) in [6, 6.07) is 4.09. The standard InChI is InChI=1S/C16H17ClFN3O/c1-10-8-19-15(20-10)12-3-2-6-21(9-12)16(22)11-4-5-14(18)13(17)7-11/h4-5,7-8,12H,2-3,6,9H2,1H3,(H,19,20)/t12-/m1/s1. The zero-order chi connectivity index (χ0) is 15.7. The van der Waals surface area contributed by atoms with Crippen LogP contribution in [0.5, 0.6) is 0 Å². The lowest BCUT2D eigenvalue weighted by molar-refractivity contribution is 0.0704. The normalized spacial score (nSPS) is 18.5. The van der Waals surface area contributed by atoms with Crippen LogP contribution < -0.4 is 0 Å². The van der Waals surface area contributed by atoms with Crippen molar-refractivity contribution in [2.45, 2.75) is 25.7 Å². The highest BCUT2D eigenvalue weighted by atomic mass is 35.5. The largest absolute Gasteiger partial charge is 0.346 e. The Kier molecular flexibility index (Phi) is 4.16. The van der Waals surface area contributed by atoms with Crippen molar-refractivity contribution in [1.29, 1.82) is 0 Å². The summed E-state index contributed by atoms with van der Waals surface area (Å²) in [7, 11) is 0. The van der Waals surface area contributed by atoms with Gasteiger partial charge in [0.15, 0.2) is 0 Å². The highest BCUT2D eigenvalue weighted by Gasteiger charge is 2.27. The quantitative estimate of drug-likeness (QED) is 0.920. The number of carbonyl (C=O) groups is 1. The number of nitrogens with zero attached hydrogens (tertiary/aromatic N) is 2. The molecule has 3 rings (SSSR count). The van der Waals surface area contributed by atoms with Crippen LogP contribution in [0.4, 0.5) is 4.39 Å². The third kappa shape index (κ3) is 2.99. The third-order valence-electron chi connectivity index (χ3n) is 3.98. The number of piperidine rings is 1. The van der Waals surface area contributed by atoms with Crippen LogP contribution in [-0.4, -0.2) is 33.9 Å². The third-order valence-corrected chi connectivity index (χ3v) is 4.27. The van der Waals surface area contributed by atoms with Gasteiger partial charge >= 0.3 is 0 Å². The first-order valence-corrected chi connectivity index (χ1v) is 7.68. The van der Waals surface area contributed by atoms with Crippen LogP contribution >= 0.6 is 11.6 Å². The lowest BCUT2D eigenvalue weighted by atomic mass is 9.96. The summed E-state index contributed by atoms with van der Waals surface area (Å²) >= 11 is 5.76. The van der Waals surface area contributed by atoms with E-state index in [2.05, 4.69) is 9.97 Å². The predicted octanol–water partition coefficient (Wildman–Crippen LogP) is 3.53. The van der Waals surface area contributed by atoms with Gasteiger partial charge in [0.05, 0.1) is 5.02 Å². The van der Waals surface area contributed by atoms with Crippen LogP contribution in [0.15, 0.2) is 24.4 Å². The van der Waals surface area contributed by atoms with Gasteiger partial charge in [-0.2, -0.15) is 0 Å². The van der Waals surface area contributed by atoms with Crippen molar-refractivity contribution in [2.75, 3.05) is 13.1 Å². The molecule has 1 N–H and O–H groups in total. The molecule has 1 atom stereocenters. The summed E-state index contributed by atoms with van der Waals surface area (Å²) in [5, 5.41) is -0.0268. The minimum absolute atomic E-state index is 0.0268. The first-order valence-electron chi connectivity index (χ1n) is 7.30. The number of H-pyrrole nitrogens is 1. The fraction of sp³-hybridized carbons (Fsp3) is 0.375. The van der Waals surface area contributed by atoms with E-state index in [0.29, 0.717) is 18.7 Å². The van der Waals surface area contributed by atoms with Gasteiger partial charge in [0.1, 0.15) is 11.6 Å². The van der Waals surface area contributed by atoms with E-state index in [9.17, 15) is 9.18 Å². The van der Waals surface area contributed by atoms with Gasteiger partial charge in [-0.25, -0.2) is 9.37 Å². The first-order chi connectivity index (χ1) is 10.5. The van der Waals surface area contributed by atoms with Crippen molar-refractivity contribution in [2.24, 2.45) is 0 Å².